The quantitative estimate of drug-likeness (QED) is 0.607. The molecule has 96 valence electrons. The SMILES string of the molecule is C=CC[C@@H]1C[C@H]1C(=O)ONC(=O)OC(C)(C)C. The zero-order valence-corrected chi connectivity index (χ0v) is 10.5. The van der Waals surface area contributed by atoms with Gasteiger partial charge in [0.15, 0.2) is 0 Å². The Morgan fingerprint density at radius 1 is 1.47 bits per heavy atom. The Morgan fingerprint density at radius 2 is 2.12 bits per heavy atom. The molecule has 0 aromatic heterocycles. The van der Waals surface area contributed by atoms with Gasteiger partial charge in [-0.2, -0.15) is 0 Å². The first-order valence-electron chi connectivity index (χ1n) is 5.64. The Balaban J connectivity index is 2.21. The number of hydrogen-bond donors (Lipinski definition) is 1. The lowest BCUT2D eigenvalue weighted by Crippen LogP contribution is -2.34. The molecule has 2 atom stereocenters. The molecule has 5 nitrogen and oxygen atoms in total. The van der Waals surface area contributed by atoms with Gasteiger partial charge in [0.25, 0.3) is 0 Å². The highest BCUT2D eigenvalue weighted by atomic mass is 16.7. The molecule has 1 rings (SSSR count). The first-order chi connectivity index (χ1) is 7.83. The summed E-state index contributed by atoms with van der Waals surface area (Å²) in [7, 11) is 0. The van der Waals surface area contributed by atoms with Gasteiger partial charge in [-0.15, -0.1) is 12.1 Å². The molecular formula is C12H19NO4. The van der Waals surface area contributed by atoms with Crippen molar-refractivity contribution in [2.75, 3.05) is 0 Å². The summed E-state index contributed by atoms with van der Waals surface area (Å²) in [5, 5.41) is 0. The summed E-state index contributed by atoms with van der Waals surface area (Å²) in [6.45, 7) is 8.80. The van der Waals surface area contributed by atoms with Crippen molar-refractivity contribution in [1.29, 1.82) is 0 Å². The molecule has 17 heavy (non-hydrogen) atoms. The summed E-state index contributed by atoms with van der Waals surface area (Å²) in [5.41, 5.74) is 1.38. The molecule has 0 saturated heterocycles. The number of carbonyl (C=O) groups is 2. The van der Waals surface area contributed by atoms with E-state index in [2.05, 4.69) is 11.4 Å². The topological polar surface area (TPSA) is 64.6 Å². The van der Waals surface area contributed by atoms with E-state index in [1.165, 1.54) is 0 Å². The molecule has 0 aliphatic heterocycles. The van der Waals surface area contributed by atoms with Crippen molar-refractivity contribution >= 4 is 12.1 Å². The summed E-state index contributed by atoms with van der Waals surface area (Å²) in [5.74, 6) is -0.230. The van der Waals surface area contributed by atoms with E-state index in [4.69, 9.17) is 4.74 Å². The Kier molecular flexibility index (Phi) is 4.15. The molecule has 0 radical (unpaired) electrons. The predicted octanol–water partition coefficient (Wildman–Crippen LogP) is 2.18. The molecule has 0 bridgehead atoms. The third-order valence-electron chi connectivity index (χ3n) is 2.33. The maximum atomic E-state index is 11.4. The van der Waals surface area contributed by atoms with Crippen LogP contribution in [0.3, 0.4) is 0 Å². The molecule has 1 aliphatic carbocycles. The number of rotatable bonds is 3. The number of hydroxylamine groups is 1. The molecule has 1 saturated carbocycles. The van der Waals surface area contributed by atoms with Gasteiger partial charge in [0.05, 0.1) is 5.92 Å². The summed E-state index contributed by atoms with van der Waals surface area (Å²) >= 11 is 0. The minimum absolute atomic E-state index is 0.122. The van der Waals surface area contributed by atoms with Crippen LogP contribution < -0.4 is 5.48 Å². The minimum Gasteiger partial charge on any atom is -0.442 e. The van der Waals surface area contributed by atoms with Gasteiger partial charge in [0.1, 0.15) is 5.60 Å². The maximum Gasteiger partial charge on any atom is 0.441 e. The molecule has 1 amide bonds. The lowest BCUT2D eigenvalue weighted by molar-refractivity contribution is -0.152. The number of ether oxygens (including phenoxy) is 1. The fourth-order valence-corrected chi connectivity index (χ4v) is 1.48. The van der Waals surface area contributed by atoms with Crippen LogP contribution in [0.4, 0.5) is 4.79 Å². The molecule has 1 aliphatic rings. The number of hydrogen-bond acceptors (Lipinski definition) is 4. The highest BCUT2D eigenvalue weighted by Crippen LogP contribution is 2.42. The van der Waals surface area contributed by atoms with Crippen LogP contribution in [0, 0.1) is 11.8 Å². The first kappa shape index (κ1) is 13.5. The van der Waals surface area contributed by atoms with E-state index in [1.807, 2.05) is 5.48 Å². The maximum absolute atomic E-state index is 11.4. The molecule has 0 unspecified atom stereocenters. The second-order valence-corrected chi connectivity index (χ2v) is 5.15. The van der Waals surface area contributed by atoms with Gasteiger partial charge >= 0.3 is 12.1 Å². The Hall–Kier alpha value is -1.52. The van der Waals surface area contributed by atoms with E-state index in [9.17, 15) is 9.59 Å². The average molecular weight is 241 g/mol. The molecule has 0 heterocycles. The number of carbonyl (C=O) groups excluding carboxylic acids is 2. The molecule has 0 aromatic carbocycles. The van der Waals surface area contributed by atoms with E-state index >= 15 is 0 Å². The summed E-state index contributed by atoms with van der Waals surface area (Å²) in [4.78, 5) is 27.3. The summed E-state index contributed by atoms with van der Waals surface area (Å²) in [6.07, 6.45) is 2.61. The van der Waals surface area contributed by atoms with Gasteiger partial charge in [-0.1, -0.05) is 6.08 Å². The summed E-state index contributed by atoms with van der Waals surface area (Å²) in [6, 6.07) is 0. The van der Waals surface area contributed by atoms with Gasteiger partial charge in [-0.05, 0) is 39.5 Å². The fourth-order valence-electron chi connectivity index (χ4n) is 1.48. The standard InChI is InChI=1S/C12H19NO4/c1-5-6-8-7-9(8)10(14)17-13-11(15)16-12(2,3)4/h5,8-9H,1,6-7H2,2-4H3,(H,13,15)/t8-,9-/m1/s1. The van der Waals surface area contributed by atoms with Crippen molar-refractivity contribution in [2.24, 2.45) is 11.8 Å². The van der Waals surface area contributed by atoms with Crippen LogP contribution in [0.5, 0.6) is 0 Å². The Labute approximate surface area is 101 Å². The largest absolute Gasteiger partial charge is 0.442 e. The molecule has 1 N–H and O–H groups in total. The molecule has 1 fully saturated rings. The first-order valence-corrected chi connectivity index (χ1v) is 5.64. The van der Waals surface area contributed by atoms with E-state index in [0.717, 1.165) is 12.8 Å². The van der Waals surface area contributed by atoms with Crippen LogP contribution in [0.25, 0.3) is 0 Å². The number of allylic oxidation sites excluding steroid dienone is 1. The summed E-state index contributed by atoms with van der Waals surface area (Å²) < 4.78 is 4.92. The smallest absolute Gasteiger partial charge is 0.441 e. The van der Waals surface area contributed by atoms with Crippen LogP contribution in [-0.4, -0.2) is 17.7 Å². The number of amides is 1. The van der Waals surface area contributed by atoms with Crippen molar-refractivity contribution in [3.05, 3.63) is 12.7 Å². The zero-order valence-electron chi connectivity index (χ0n) is 10.5. The highest BCUT2D eigenvalue weighted by molar-refractivity contribution is 5.77. The number of nitrogens with one attached hydrogen (secondary N) is 1. The van der Waals surface area contributed by atoms with Crippen LogP contribution in [0.1, 0.15) is 33.6 Å². The van der Waals surface area contributed by atoms with Crippen LogP contribution in [0.15, 0.2) is 12.7 Å². The van der Waals surface area contributed by atoms with Gasteiger partial charge in [0, 0.05) is 0 Å². The van der Waals surface area contributed by atoms with E-state index in [1.54, 1.807) is 26.8 Å². The van der Waals surface area contributed by atoms with Gasteiger partial charge in [-0.25, -0.2) is 9.59 Å². The van der Waals surface area contributed by atoms with E-state index < -0.39 is 17.7 Å². The van der Waals surface area contributed by atoms with Crippen LogP contribution in [-0.2, 0) is 14.4 Å². The molecule has 0 spiro atoms. The average Bonchev–Trinajstić information content (AvgIpc) is 2.91. The van der Waals surface area contributed by atoms with Crippen molar-refractivity contribution < 1.29 is 19.2 Å². The van der Waals surface area contributed by atoms with Crippen LogP contribution >= 0.6 is 0 Å². The van der Waals surface area contributed by atoms with Gasteiger partial charge in [0.2, 0.25) is 0 Å². The molecule has 0 aromatic rings. The highest BCUT2D eigenvalue weighted by Gasteiger charge is 2.43. The monoisotopic (exact) mass is 241 g/mol. The Bertz CT molecular complexity index is 319. The second-order valence-electron chi connectivity index (χ2n) is 5.15. The fraction of sp³-hybridized carbons (Fsp3) is 0.667. The van der Waals surface area contributed by atoms with Gasteiger partial charge in [-0.3, -0.25) is 0 Å². The van der Waals surface area contributed by atoms with E-state index in [0.29, 0.717) is 5.92 Å². The van der Waals surface area contributed by atoms with Crippen LogP contribution in [0.2, 0.25) is 0 Å². The Morgan fingerprint density at radius 3 is 2.65 bits per heavy atom. The molecule has 5 heteroatoms. The van der Waals surface area contributed by atoms with E-state index in [-0.39, 0.29) is 5.92 Å². The molecular weight excluding hydrogens is 222 g/mol. The predicted molar refractivity (Wildman–Crippen MR) is 61.9 cm³/mol. The lowest BCUT2D eigenvalue weighted by atomic mass is 10.2. The van der Waals surface area contributed by atoms with Crippen molar-refractivity contribution in [3.63, 3.8) is 0 Å². The van der Waals surface area contributed by atoms with Crippen molar-refractivity contribution in [1.82, 2.24) is 5.48 Å². The minimum atomic E-state index is -0.758. The third-order valence-corrected chi connectivity index (χ3v) is 2.33. The van der Waals surface area contributed by atoms with Crippen molar-refractivity contribution in [3.8, 4) is 0 Å². The third kappa shape index (κ3) is 4.89. The van der Waals surface area contributed by atoms with Gasteiger partial charge < -0.3 is 9.57 Å². The normalized spacial score (nSPS) is 22.5. The zero-order chi connectivity index (χ0) is 13.1. The van der Waals surface area contributed by atoms with Crippen molar-refractivity contribution in [2.45, 2.75) is 39.2 Å². The lowest BCUT2D eigenvalue weighted by Gasteiger charge is -2.19. The second kappa shape index (κ2) is 5.21.